The average molecular weight is 263 g/mol. The molecule has 1 aromatic rings. The predicted octanol–water partition coefficient (Wildman–Crippen LogP) is 0.295. The first kappa shape index (κ1) is 13.6. The first-order chi connectivity index (χ1) is 9.11. The van der Waals surface area contributed by atoms with Gasteiger partial charge in [-0.15, -0.1) is 0 Å². The van der Waals surface area contributed by atoms with E-state index in [2.05, 4.69) is 21.7 Å². The standard InChI is InChI=1S/C13H21N5O/c1-2-5-17-6-8-18(9-7-17)13-10(14)3-4-11(16-13)12(15)19/h3-4H,2,5-9,14H2,1H3,(H2,15,19). The van der Waals surface area contributed by atoms with Crippen LogP contribution < -0.4 is 16.4 Å². The zero-order chi connectivity index (χ0) is 13.8. The minimum atomic E-state index is -0.522. The van der Waals surface area contributed by atoms with Crippen molar-refractivity contribution < 1.29 is 4.79 Å². The van der Waals surface area contributed by atoms with E-state index in [9.17, 15) is 4.79 Å². The number of amides is 1. The molecule has 0 atom stereocenters. The lowest BCUT2D eigenvalue weighted by molar-refractivity contribution is 0.0995. The van der Waals surface area contributed by atoms with Crippen molar-refractivity contribution in [1.82, 2.24) is 9.88 Å². The number of anilines is 2. The van der Waals surface area contributed by atoms with Gasteiger partial charge in [-0.2, -0.15) is 0 Å². The number of hydrogen-bond donors (Lipinski definition) is 2. The molecule has 0 aromatic carbocycles. The van der Waals surface area contributed by atoms with E-state index in [-0.39, 0.29) is 5.69 Å². The van der Waals surface area contributed by atoms with Gasteiger partial charge in [0.2, 0.25) is 0 Å². The van der Waals surface area contributed by atoms with Crippen LogP contribution in [0, 0.1) is 0 Å². The van der Waals surface area contributed by atoms with Crippen LogP contribution in [0.1, 0.15) is 23.8 Å². The Hall–Kier alpha value is -1.82. The molecule has 0 unspecified atom stereocenters. The van der Waals surface area contributed by atoms with Gasteiger partial charge in [0.25, 0.3) is 5.91 Å². The molecule has 0 spiro atoms. The molecule has 104 valence electrons. The fourth-order valence-electron chi connectivity index (χ4n) is 2.35. The molecule has 1 aliphatic rings. The highest BCUT2D eigenvalue weighted by molar-refractivity contribution is 5.91. The summed E-state index contributed by atoms with van der Waals surface area (Å²) < 4.78 is 0. The maximum Gasteiger partial charge on any atom is 0.267 e. The molecule has 4 N–H and O–H groups in total. The van der Waals surface area contributed by atoms with E-state index < -0.39 is 5.91 Å². The van der Waals surface area contributed by atoms with Crippen LogP contribution in [-0.2, 0) is 0 Å². The summed E-state index contributed by atoms with van der Waals surface area (Å²) in [7, 11) is 0. The minimum absolute atomic E-state index is 0.264. The normalized spacial score (nSPS) is 16.6. The molecule has 6 nitrogen and oxygen atoms in total. The molecule has 1 aliphatic heterocycles. The van der Waals surface area contributed by atoms with E-state index in [1.165, 1.54) is 0 Å². The highest BCUT2D eigenvalue weighted by atomic mass is 16.1. The maximum absolute atomic E-state index is 11.2. The Morgan fingerprint density at radius 1 is 1.32 bits per heavy atom. The van der Waals surface area contributed by atoms with Crippen LogP contribution in [0.25, 0.3) is 0 Å². The molecule has 1 amide bonds. The summed E-state index contributed by atoms with van der Waals surface area (Å²) in [6.07, 6.45) is 1.16. The van der Waals surface area contributed by atoms with Crippen molar-refractivity contribution in [2.75, 3.05) is 43.4 Å². The lowest BCUT2D eigenvalue weighted by Gasteiger charge is -2.35. The number of primary amides is 1. The fourth-order valence-corrected chi connectivity index (χ4v) is 2.35. The number of carbonyl (C=O) groups is 1. The largest absolute Gasteiger partial charge is 0.396 e. The van der Waals surface area contributed by atoms with E-state index in [1.54, 1.807) is 12.1 Å². The highest BCUT2D eigenvalue weighted by Gasteiger charge is 2.20. The van der Waals surface area contributed by atoms with Crippen LogP contribution in [0.15, 0.2) is 12.1 Å². The number of hydrogen-bond acceptors (Lipinski definition) is 5. The van der Waals surface area contributed by atoms with Crippen molar-refractivity contribution >= 4 is 17.4 Å². The van der Waals surface area contributed by atoms with Crippen molar-refractivity contribution in [1.29, 1.82) is 0 Å². The van der Waals surface area contributed by atoms with Crippen LogP contribution in [0.2, 0.25) is 0 Å². The number of rotatable bonds is 4. The zero-order valence-electron chi connectivity index (χ0n) is 11.3. The van der Waals surface area contributed by atoms with E-state index >= 15 is 0 Å². The van der Waals surface area contributed by atoms with E-state index in [1.807, 2.05) is 0 Å². The van der Waals surface area contributed by atoms with Crippen molar-refractivity contribution in [3.8, 4) is 0 Å². The molecular formula is C13H21N5O. The van der Waals surface area contributed by atoms with Gasteiger partial charge in [-0.25, -0.2) is 4.98 Å². The summed E-state index contributed by atoms with van der Waals surface area (Å²) in [6.45, 7) is 7.05. The van der Waals surface area contributed by atoms with Crippen LogP contribution >= 0.6 is 0 Å². The number of nitrogens with zero attached hydrogens (tertiary/aromatic N) is 3. The van der Waals surface area contributed by atoms with Crippen molar-refractivity contribution in [3.05, 3.63) is 17.8 Å². The Labute approximate surface area is 113 Å². The van der Waals surface area contributed by atoms with E-state index in [0.717, 1.165) is 39.1 Å². The van der Waals surface area contributed by atoms with Crippen molar-refractivity contribution in [3.63, 3.8) is 0 Å². The summed E-state index contributed by atoms with van der Waals surface area (Å²) in [5.41, 5.74) is 12.1. The molecule has 1 aromatic heterocycles. The number of nitrogen functional groups attached to an aromatic ring is 1. The molecule has 2 heterocycles. The molecule has 0 aliphatic carbocycles. The molecule has 0 radical (unpaired) electrons. The molecule has 1 fully saturated rings. The maximum atomic E-state index is 11.2. The lowest BCUT2D eigenvalue weighted by Crippen LogP contribution is -2.47. The van der Waals surface area contributed by atoms with Gasteiger partial charge in [0.05, 0.1) is 5.69 Å². The zero-order valence-corrected chi connectivity index (χ0v) is 11.3. The number of pyridine rings is 1. The second-order valence-electron chi connectivity index (χ2n) is 4.80. The number of aromatic nitrogens is 1. The average Bonchev–Trinajstić information content (AvgIpc) is 2.40. The van der Waals surface area contributed by atoms with E-state index in [0.29, 0.717) is 11.5 Å². The van der Waals surface area contributed by atoms with E-state index in [4.69, 9.17) is 11.5 Å². The van der Waals surface area contributed by atoms with Gasteiger partial charge in [-0.05, 0) is 25.1 Å². The molecular weight excluding hydrogens is 242 g/mol. The Bertz CT molecular complexity index is 454. The molecule has 19 heavy (non-hydrogen) atoms. The van der Waals surface area contributed by atoms with Crippen LogP contribution in [0.5, 0.6) is 0 Å². The van der Waals surface area contributed by atoms with Gasteiger partial charge >= 0.3 is 0 Å². The Kier molecular flexibility index (Phi) is 4.21. The molecule has 1 saturated heterocycles. The summed E-state index contributed by atoms with van der Waals surface area (Å²) in [5.74, 6) is 0.151. The number of piperazine rings is 1. The topological polar surface area (TPSA) is 88.5 Å². The van der Waals surface area contributed by atoms with Gasteiger partial charge in [0.1, 0.15) is 5.69 Å². The minimum Gasteiger partial charge on any atom is -0.396 e. The molecule has 6 heteroatoms. The first-order valence-electron chi connectivity index (χ1n) is 6.65. The Balaban J connectivity index is 2.10. The number of carbonyl (C=O) groups excluding carboxylic acids is 1. The van der Waals surface area contributed by atoms with Gasteiger partial charge in [0.15, 0.2) is 5.82 Å². The summed E-state index contributed by atoms with van der Waals surface area (Å²) >= 11 is 0. The van der Waals surface area contributed by atoms with Gasteiger partial charge < -0.3 is 16.4 Å². The second-order valence-corrected chi connectivity index (χ2v) is 4.80. The fraction of sp³-hybridized carbons (Fsp3) is 0.538. The highest BCUT2D eigenvalue weighted by Crippen LogP contribution is 2.22. The molecule has 0 bridgehead atoms. The molecule has 2 rings (SSSR count). The first-order valence-corrected chi connectivity index (χ1v) is 6.65. The van der Waals surface area contributed by atoms with Crippen LogP contribution in [0.4, 0.5) is 11.5 Å². The quantitative estimate of drug-likeness (QED) is 0.815. The summed E-state index contributed by atoms with van der Waals surface area (Å²) in [5, 5.41) is 0. The van der Waals surface area contributed by atoms with Crippen molar-refractivity contribution in [2.24, 2.45) is 5.73 Å². The third-order valence-electron chi connectivity index (χ3n) is 3.37. The summed E-state index contributed by atoms with van der Waals surface area (Å²) in [6, 6.07) is 3.26. The second kappa shape index (κ2) is 5.88. The number of nitrogens with two attached hydrogens (primary N) is 2. The van der Waals surface area contributed by atoms with Gasteiger partial charge in [-0.3, -0.25) is 9.69 Å². The van der Waals surface area contributed by atoms with Gasteiger partial charge in [0, 0.05) is 26.2 Å². The van der Waals surface area contributed by atoms with Crippen molar-refractivity contribution in [2.45, 2.75) is 13.3 Å². The summed E-state index contributed by atoms with van der Waals surface area (Å²) in [4.78, 5) is 20.0. The monoisotopic (exact) mass is 263 g/mol. The Morgan fingerprint density at radius 3 is 2.58 bits per heavy atom. The predicted molar refractivity (Wildman–Crippen MR) is 76.1 cm³/mol. The molecule has 0 saturated carbocycles. The Morgan fingerprint density at radius 2 is 2.00 bits per heavy atom. The lowest BCUT2D eigenvalue weighted by atomic mass is 10.2. The van der Waals surface area contributed by atoms with Crippen LogP contribution in [0.3, 0.4) is 0 Å². The third kappa shape index (κ3) is 3.14. The third-order valence-corrected chi connectivity index (χ3v) is 3.37. The SMILES string of the molecule is CCCN1CCN(c2nc(C(N)=O)ccc2N)CC1. The van der Waals surface area contributed by atoms with Gasteiger partial charge in [-0.1, -0.05) is 6.92 Å². The van der Waals surface area contributed by atoms with Crippen LogP contribution in [-0.4, -0.2) is 48.5 Å². The smallest absolute Gasteiger partial charge is 0.267 e.